The van der Waals surface area contributed by atoms with Gasteiger partial charge in [0.05, 0.1) is 18.7 Å². The van der Waals surface area contributed by atoms with Gasteiger partial charge in [0.2, 0.25) is 0 Å². The Morgan fingerprint density at radius 2 is 1.85 bits per heavy atom. The molecule has 1 aliphatic carbocycles. The van der Waals surface area contributed by atoms with Crippen LogP contribution in [0.15, 0.2) is 72.8 Å². The maximum Gasteiger partial charge on any atom is 0.337 e. The zero-order valence-electron chi connectivity index (χ0n) is 15.2. The fourth-order valence-electron chi connectivity index (χ4n) is 4.61. The molecule has 0 aromatic heterocycles. The van der Waals surface area contributed by atoms with E-state index in [9.17, 15) is 4.79 Å². The first kappa shape index (κ1) is 16.1. The minimum atomic E-state index is -0.296. The normalized spacial score (nSPS) is 22.8. The van der Waals surface area contributed by atoms with E-state index in [0.29, 0.717) is 17.4 Å². The first-order valence-electron chi connectivity index (χ1n) is 9.39. The lowest BCUT2D eigenvalue weighted by Gasteiger charge is -2.38. The third kappa shape index (κ3) is 2.54. The number of fused-ring (bicyclic) bond motifs is 5. The van der Waals surface area contributed by atoms with Crippen molar-refractivity contribution in [1.29, 1.82) is 0 Å². The van der Waals surface area contributed by atoms with Crippen molar-refractivity contribution in [2.75, 3.05) is 12.4 Å². The number of hydrogen-bond acceptors (Lipinski definition) is 3. The standard InChI is InChI=1S/C24H21NO2/c1-27-24(26)17-11-9-16(10-12-17)22-20-8-4-7-19(20)21-14-13-15-5-2-3-6-18(15)23(21)25-22/h2-7,9-14,19-20,22,25H,8H2,1H3/t19-,20+,22+/m1/s1. The molecule has 0 bridgehead atoms. The van der Waals surface area contributed by atoms with Crippen LogP contribution in [-0.2, 0) is 4.74 Å². The number of hydrogen-bond donors (Lipinski definition) is 1. The quantitative estimate of drug-likeness (QED) is 0.490. The topological polar surface area (TPSA) is 38.3 Å². The van der Waals surface area contributed by atoms with Gasteiger partial charge < -0.3 is 10.1 Å². The molecule has 1 N–H and O–H groups in total. The number of methoxy groups -OCH3 is 1. The van der Waals surface area contributed by atoms with Crippen LogP contribution in [0.4, 0.5) is 5.69 Å². The van der Waals surface area contributed by atoms with Crippen LogP contribution < -0.4 is 5.32 Å². The van der Waals surface area contributed by atoms with E-state index in [2.05, 4.69) is 66.0 Å². The van der Waals surface area contributed by atoms with Crippen molar-refractivity contribution in [2.45, 2.75) is 18.4 Å². The molecule has 2 aliphatic rings. The largest absolute Gasteiger partial charge is 0.465 e. The molecule has 3 nitrogen and oxygen atoms in total. The summed E-state index contributed by atoms with van der Waals surface area (Å²) < 4.78 is 4.82. The van der Waals surface area contributed by atoms with Crippen LogP contribution >= 0.6 is 0 Å². The van der Waals surface area contributed by atoms with Crippen LogP contribution in [0, 0.1) is 5.92 Å². The lowest BCUT2D eigenvalue weighted by atomic mass is 9.76. The lowest BCUT2D eigenvalue weighted by Crippen LogP contribution is -2.29. The summed E-state index contributed by atoms with van der Waals surface area (Å²) in [6.07, 6.45) is 5.72. The summed E-state index contributed by atoms with van der Waals surface area (Å²) in [6, 6.07) is 21.1. The molecule has 0 fully saturated rings. The van der Waals surface area contributed by atoms with Gasteiger partial charge in [0.25, 0.3) is 0 Å². The van der Waals surface area contributed by atoms with Gasteiger partial charge in [0, 0.05) is 17.0 Å². The van der Waals surface area contributed by atoms with Crippen molar-refractivity contribution in [3.8, 4) is 0 Å². The van der Waals surface area contributed by atoms with E-state index in [1.54, 1.807) is 0 Å². The predicted molar refractivity (Wildman–Crippen MR) is 108 cm³/mol. The average Bonchev–Trinajstić information content (AvgIpc) is 3.22. The maximum absolute atomic E-state index is 11.7. The Hall–Kier alpha value is -3.07. The van der Waals surface area contributed by atoms with Gasteiger partial charge in [-0.1, -0.05) is 60.7 Å². The molecule has 0 radical (unpaired) electrons. The number of benzene rings is 3. The second-order valence-electron chi connectivity index (χ2n) is 7.34. The van der Waals surface area contributed by atoms with Crippen LogP contribution in [0.5, 0.6) is 0 Å². The smallest absolute Gasteiger partial charge is 0.337 e. The second kappa shape index (κ2) is 6.27. The Balaban J connectivity index is 1.59. The highest BCUT2D eigenvalue weighted by Gasteiger charge is 2.38. The molecule has 3 aromatic rings. The van der Waals surface area contributed by atoms with E-state index >= 15 is 0 Å². The zero-order valence-corrected chi connectivity index (χ0v) is 15.2. The molecule has 3 aromatic carbocycles. The molecular weight excluding hydrogens is 334 g/mol. The van der Waals surface area contributed by atoms with E-state index in [1.165, 1.54) is 34.7 Å². The predicted octanol–water partition coefficient (Wildman–Crippen LogP) is 5.45. The van der Waals surface area contributed by atoms with Crippen molar-refractivity contribution >= 4 is 22.4 Å². The summed E-state index contributed by atoms with van der Waals surface area (Å²) in [5.74, 6) is 0.619. The van der Waals surface area contributed by atoms with Gasteiger partial charge in [-0.15, -0.1) is 0 Å². The van der Waals surface area contributed by atoms with Crippen molar-refractivity contribution in [3.05, 3.63) is 89.5 Å². The molecule has 134 valence electrons. The lowest BCUT2D eigenvalue weighted by molar-refractivity contribution is 0.0600. The van der Waals surface area contributed by atoms with Crippen molar-refractivity contribution in [3.63, 3.8) is 0 Å². The number of anilines is 1. The fraction of sp³-hybridized carbons (Fsp3) is 0.208. The fourth-order valence-corrected chi connectivity index (χ4v) is 4.61. The molecule has 1 heterocycles. The summed E-state index contributed by atoms with van der Waals surface area (Å²) >= 11 is 0. The van der Waals surface area contributed by atoms with Crippen LogP contribution in [0.25, 0.3) is 10.8 Å². The van der Waals surface area contributed by atoms with Crippen LogP contribution in [0.2, 0.25) is 0 Å². The van der Waals surface area contributed by atoms with Crippen molar-refractivity contribution < 1.29 is 9.53 Å². The summed E-state index contributed by atoms with van der Waals surface area (Å²) in [5.41, 5.74) is 4.42. The Morgan fingerprint density at radius 3 is 2.67 bits per heavy atom. The van der Waals surface area contributed by atoms with E-state index in [1.807, 2.05) is 12.1 Å². The van der Waals surface area contributed by atoms with Crippen LogP contribution in [-0.4, -0.2) is 13.1 Å². The SMILES string of the molecule is COC(=O)c1ccc([C@@H]2Nc3c(ccc4ccccc34)[C@@H]3C=CC[C@@H]32)cc1. The Bertz CT molecular complexity index is 1050. The molecule has 5 rings (SSSR count). The van der Waals surface area contributed by atoms with Crippen LogP contribution in [0.3, 0.4) is 0 Å². The van der Waals surface area contributed by atoms with Crippen molar-refractivity contribution in [1.82, 2.24) is 0 Å². The highest BCUT2D eigenvalue weighted by atomic mass is 16.5. The van der Waals surface area contributed by atoms with E-state index in [0.717, 1.165) is 6.42 Å². The third-order valence-electron chi connectivity index (χ3n) is 5.95. The number of nitrogens with one attached hydrogen (secondary N) is 1. The average molecular weight is 355 g/mol. The number of esters is 1. The molecule has 3 atom stereocenters. The molecule has 27 heavy (non-hydrogen) atoms. The van der Waals surface area contributed by atoms with Gasteiger partial charge in [-0.25, -0.2) is 4.79 Å². The first-order chi connectivity index (χ1) is 13.3. The molecule has 1 aliphatic heterocycles. The first-order valence-corrected chi connectivity index (χ1v) is 9.39. The zero-order chi connectivity index (χ0) is 18.4. The minimum Gasteiger partial charge on any atom is -0.465 e. The number of carbonyl (C=O) groups is 1. The summed E-state index contributed by atoms with van der Waals surface area (Å²) in [4.78, 5) is 11.7. The monoisotopic (exact) mass is 355 g/mol. The summed E-state index contributed by atoms with van der Waals surface area (Å²) in [7, 11) is 1.41. The number of rotatable bonds is 2. The number of carbonyl (C=O) groups excluding carboxylic acids is 1. The highest BCUT2D eigenvalue weighted by molar-refractivity contribution is 5.96. The summed E-state index contributed by atoms with van der Waals surface area (Å²) in [6.45, 7) is 0. The van der Waals surface area contributed by atoms with Gasteiger partial charge in [-0.2, -0.15) is 0 Å². The molecule has 3 heteroatoms. The minimum absolute atomic E-state index is 0.218. The second-order valence-corrected chi connectivity index (χ2v) is 7.34. The third-order valence-corrected chi connectivity index (χ3v) is 5.95. The summed E-state index contributed by atoms with van der Waals surface area (Å²) in [5, 5.41) is 6.36. The van der Waals surface area contributed by atoms with Gasteiger partial charge in [-0.3, -0.25) is 0 Å². The van der Waals surface area contributed by atoms with E-state index < -0.39 is 0 Å². The molecule has 0 spiro atoms. The number of allylic oxidation sites excluding steroid dienone is 2. The van der Waals surface area contributed by atoms with Gasteiger partial charge in [-0.05, 0) is 41.0 Å². The molecule has 0 amide bonds. The van der Waals surface area contributed by atoms with E-state index in [-0.39, 0.29) is 12.0 Å². The molecular formula is C24H21NO2. The molecule has 0 saturated carbocycles. The van der Waals surface area contributed by atoms with Gasteiger partial charge >= 0.3 is 5.97 Å². The Kier molecular flexibility index (Phi) is 3.75. The Morgan fingerprint density at radius 1 is 1.04 bits per heavy atom. The van der Waals surface area contributed by atoms with Crippen LogP contribution in [0.1, 0.15) is 39.9 Å². The van der Waals surface area contributed by atoms with Gasteiger partial charge in [0.15, 0.2) is 0 Å². The molecule has 0 saturated heterocycles. The highest BCUT2D eigenvalue weighted by Crippen LogP contribution is 2.51. The van der Waals surface area contributed by atoms with Gasteiger partial charge in [0.1, 0.15) is 0 Å². The Labute approximate surface area is 158 Å². The van der Waals surface area contributed by atoms with Crippen molar-refractivity contribution in [2.24, 2.45) is 5.92 Å². The maximum atomic E-state index is 11.7. The number of ether oxygens (including phenoxy) is 1. The van der Waals surface area contributed by atoms with E-state index in [4.69, 9.17) is 4.74 Å². The molecule has 0 unspecified atom stereocenters.